The number of halogens is 2. The van der Waals surface area contributed by atoms with Crippen molar-refractivity contribution in [3.63, 3.8) is 0 Å². The molecule has 0 aliphatic heterocycles. The van der Waals surface area contributed by atoms with Gasteiger partial charge in [-0.3, -0.25) is 8.98 Å². The fourth-order valence-electron chi connectivity index (χ4n) is 2.01. The Kier molecular flexibility index (Phi) is 5.63. The van der Waals surface area contributed by atoms with Crippen molar-refractivity contribution in [1.29, 1.82) is 0 Å². The van der Waals surface area contributed by atoms with Gasteiger partial charge in [0, 0.05) is 18.1 Å². The van der Waals surface area contributed by atoms with Crippen molar-refractivity contribution in [3.8, 4) is 11.1 Å². The monoisotopic (exact) mass is 355 g/mol. The van der Waals surface area contributed by atoms with Gasteiger partial charge in [-0.05, 0) is 36.2 Å². The predicted octanol–water partition coefficient (Wildman–Crippen LogP) is 2.60. The standard InChI is InChI=1S/C16H15F2NO4S/c17-12-5-8-14(15(18)10-12)11-3-6-13(7-4-11)24(21,22)23-9-1-2-16(19)20/h3-8,10H,1-2,9H2,(H2,19,20). The second-order valence-corrected chi connectivity index (χ2v) is 6.61. The lowest BCUT2D eigenvalue weighted by atomic mass is 10.1. The highest BCUT2D eigenvalue weighted by molar-refractivity contribution is 7.86. The second-order valence-electron chi connectivity index (χ2n) is 4.99. The van der Waals surface area contributed by atoms with E-state index < -0.39 is 27.7 Å². The molecule has 2 N–H and O–H groups in total. The molecule has 8 heteroatoms. The quantitative estimate of drug-likeness (QED) is 0.611. The smallest absolute Gasteiger partial charge is 0.296 e. The van der Waals surface area contributed by atoms with E-state index in [1.807, 2.05) is 0 Å². The maximum absolute atomic E-state index is 13.7. The minimum Gasteiger partial charge on any atom is -0.370 e. The SMILES string of the molecule is NC(=O)CCCOS(=O)(=O)c1ccc(-c2ccc(F)cc2F)cc1. The van der Waals surface area contributed by atoms with Gasteiger partial charge in [0.15, 0.2) is 0 Å². The summed E-state index contributed by atoms with van der Waals surface area (Å²) in [5.74, 6) is -1.98. The molecule has 0 saturated carbocycles. The molecular weight excluding hydrogens is 340 g/mol. The molecule has 5 nitrogen and oxygen atoms in total. The van der Waals surface area contributed by atoms with E-state index in [-0.39, 0.29) is 29.9 Å². The zero-order valence-corrected chi connectivity index (χ0v) is 13.4. The normalized spacial score (nSPS) is 11.4. The van der Waals surface area contributed by atoms with Crippen LogP contribution >= 0.6 is 0 Å². The number of nitrogens with two attached hydrogens (primary N) is 1. The summed E-state index contributed by atoms with van der Waals surface area (Å²) in [5.41, 5.74) is 5.51. The van der Waals surface area contributed by atoms with Crippen molar-refractivity contribution in [2.75, 3.05) is 6.61 Å². The molecule has 0 aromatic heterocycles. The summed E-state index contributed by atoms with van der Waals surface area (Å²) in [6.45, 7) is -0.167. The highest BCUT2D eigenvalue weighted by Crippen LogP contribution is 2.25. The molecule has 0 bridgehead atoms. The number of hydrogen-bond donors (Lipinski definition) is 1. The van der Waals surface area contributed by atoms with Gasteiger partial charge < -0.3 is 5.73 Å². The number of carbonyl (C=O) groups excluding carboxylic acids is 1. The van der Waals surface area contributed by atoms with E-state index in [0.29, 0.717) is 5.56 Å². The largest absolute Gasteiger partial charge is 0.370 e. The molecule has 2 aromatic carbocycles. The minimum absolute atomic E-state index is 0.0261. The highest BCUT2D eigenvalue weighted by atomic mass is 32.2. The summed E-state index contributed by atoms with van der Waals surface area (Å²) in [5, 5.41) is 0. The average Bonchev–Trinajstić information content (AvgIpc) is 2.52. The van der Waals surface area contributed by atoms with Crippen LogP contribution in [0.1, 0.15) is 12.8 Å². The van der Waals surface area contributed by atoms with E-state index in [0.717, 1.165) is 12.1 Å². The van der Waals surface area contributed by atoms with Crippen molar-refractivity contribution < 1.29 is 26.2 Å². The van der Waals surface area contributed by atoms with Crippen LogP contribution in [-0.2, 0) is 19.1 Å². The first-order valence-electron chi connectivity index (χ1n) is 7.03. The van der Waals surface area contributed by atoms with Crippen molar-refractivity contribution in [2.24, 2.45) is 5.73 Å². The van der Waals surface area contributed by atoms with Gasteiger partial charge in [0.2, 0.25) is 5.91 Å². The number of primary amides is 1. The van der Waals surface area contributed by atoms with Crippen LogP contribution in [0.5, 0.6) is 0 Å². The Balaban J connectivity index is 2.12. The zero-order chi connectivity index (χ0) is 17.7. The van der Waals surface area contributed by atoms with Crippen LogP contribution in [0.25, 0.3) is 11.1 Å². The summed E-state index contributed by atoms with van der Waals surface area (Å²) in [7, 11) is -3.98. The average molecular weight is 355 g/mol. The van der Waals surface area contributed by atoms with Gasteiger partial charge in [0.1, 0.15) is 11.6 Å². The molecule has 0 unspecified atom stereocenters. The summed E-state index contributed by atoms with van der Waals surface area (Å²) in [6, 6.07) is 8.47. The topological polar surface area (TPSA) is 86.5 Å². The molecule has 0 heterocycles. The van der Waals surface area contributed by atoms with Crippen LogP contribution in [0.2, 0.25) is 0 Å². The maximum atomic E-state index is 13.7. The van der Waals surface area contributed by atoms with Crippen molar-refractivity contribution in [3.05, 3.63) is 54.1 Å². The number of rotatable bonds is 7. The van der Waals surface area contributed by atoms with Crippen LogP contribution in [0.15, 0.2) is 47.4 Å². The molecule has 0 fully saturated rings. The summed E-state index contributed by atoms with van der Waals surface area (Å²) < 4.78 is 55.4. The first-order valence-corrected chi connectivity index (χ1v) is 8.43. The Hall–Kier alpha value is -2.32. The number of amides is 1. The summed E-state index contributed by atoms with van der Waals surface area (Å²) >= 11 is 0. The van der Waals surface area contributed by atoms with Crippen molar-refractivity contribution in [2.45, 2.75) is 17.7 Å². The Morgan fingerprint density at radius 2 is 1.75 bits per heavy atom. The number of hydrogen-bond acceptors (Lipinski definition) is 4. The molecule has 0 aliphatic carbocycles. The molecule has 1 amide bonds. The zero-order valence-electron chi connectivity index (χ0n) is 12.5. The molecular formula is C16H15F2NO4S. The van der Waals surface area contributed by atoms with Gasteiger partial charge in [-0.1, -0.05) is 12.1 Å². The first-order chi connectivity index (χ1) is 11.3. The van der Waals surface area contributed by atoms with Gasteiger partial charge in [-0.2, -0.15) is 8.42 Å². The molecule has 0 saturated heterocycles. The Bertz CT molecular complexity index is 836. The lowest BCUT2D eigenvalue weighted by Gasteiger charge is -2.07. The summed E-state index contributed by atoms with van der Waals surface area (Å²) in [6.07, 6.45) is 0.214. The molecule has 0 spiro atoms. The number of carbonyl (C=O) groups is 1. The Morgan fingerprint density at radius 1 is 1.08 bits per heavy atom. The van der Waals surface area contributed by atoms with Gasteiger partial charge in [-0.15, -0.1) is 0 Å². The summed E-state index contributed by atoms with van der Waals surface area (Å²) in [4.78, 5) is 10.5. The van der Waals surface area contributed by atoms with Crippen LogP contribution in [0.3, 0.4) is 0 Å². The lowest BCUT2D eigenvalue weighted by Crippen LogP contribution is -2.13. The van der Waals surface area contributed by atoms with Gasteiger partial charge in [0.05, 0.1) is 11.5 Å². The third kappa shape index (κ3) is 4.59. The van der Waals surface area contributed by atoms with E-state index in [9.17, 15) is 22.0 Å². The third-order valence-electron chi connectivity index (χ3n) is 3.19. The fraction of sp³-hybridized carbons (Fsp3) is 0.188. The molecule has 24 heavy (non-hydrogen) atoms. The molecule has 0 aliphatic rings. The molecule has 2 rings (SSSR count). The Morgan fingerprint density at radius 3 is 2.33 bits per heavy atom. The third-order valence-corrected chi connectivity index (χ3v) is 4.52. The minimum atomic E-state index is -3.98. The van der Waals surface area contributed by atoms with E-state index in [4.69, 9.17) is 9.92 Å². The second kappa shape index (κ2) is 7.50. The van der Waals surface area contributed by atoms with Gasteiger partial charge >= 0.3 is 0 Å². The molecule has 2 aromatic rings. The van der Waals surface area contributed by atoms with Gasteiger partial charge in [0.25, 0.3) is 10.1 Å². The Labute approximate surface area is 138 Å². The van der Waals surface area contributed by atoms with E-state index in [1.165, 1.54) is 30.3 Å². The molecule has 0 radical (unpaired) electrons. The highest BCUT2D eigenvalue weighted by Gasteiger charge is 2.16. The predicted molar refractivity (Wildman–Crippen MR) is 83.4 cm³/mol. The van der Waals surface area contributed by atoms with E-state index in [1.54, 1.807) is 0 Å². The van der Waals surface area contributed by atoms with Crippen LogP contribution in [0, 0.1) is 11.6 Å². The van der Waals surface area contributed by atoms with Crippen LogP contribution in [-0.4, -0.2) is 20.9 Å². The van der Waals surface area contributed by atoms with Crippen molar-refractivity contribution >= 4 is 16.0 Å². The maximum Gasteiger partial charge on any atom is 0.296 e. The first kappa shape index (κ1) is 18.0. The van der Waals surface area contributed by atoms with Gasteiger partial charge in [-0.25, -0.2) is 8.78 Å². The van der Waals surface area contributed by atoms with Crippen molar-refractivity contribution in [1.82, 2.24) is 0 Å². The fourth-order valence-corrected chi connectivity index (χ4v) is 2.95. The van der Waals surface area contributed by atoms with E-state index in [2.05, 4.69) is 0 Å². The molecule has 128 valence electrons. The number of benzene rings is 2. The van der Waals surface area contributed by atoms with E-state index >= 15 is 0 Å². The van der Waals surface area contributed by atoms with Crippen LogP contribution < -0.4 is 5.73 Å². The lowest BCUT2D eigenvalue weighted by molar-refractivity contribution is -0.118. The molecule has 0 atom stereocenters. The van der Waals surface area contributed by atoms with Crippen LogP contribution in [0.4, 0.5) is 8.78 Å².